The molecule has 1 aromatic rings. The van der Waals surface area contributed by atoms with Gasteiger partial charge in [-0.1, -0.05) is 0 Å². The molecular weight excluding hydrogens is 434 g/mol. The van der Waals surface area contributed by atoms with Gasteiger partial charge in [0.25, 0.3) is 0 Å². The Labute approximate surface area is 192 Å². The number of carbonyl (C=O) groups is 1. The van der Waals surface area contributed by atoms with Crippen LogP contribution in [0.25, 0.3) is 0 Å². The number of carbonyl (C=O) groups excluding carboxylic acids is 1. The van der Waals surface area contributed by atoms with Crippen LogP contribution in [-0.4, -0.2) is 63.4 Å². The third-order valence-electron chi connectivity index (χ3n) is 5.10. The molecule has 0 aromatic carbocycles. The number of hydrogen-bond acceptors (Lipinski definition) is 8. The molecule has 1 aromatic heterocycles. The van der Waals surface area contributed by atoms with E-state index in [1.54, 1.807) is 30.2 Å². The van der Waals surface area contributed by atoms with Gasteiger partial charge in [0.05, 0.1) is 13.1 Å². The van der Waals surface area contributed by atoms with Gasteiger partial charge in [0.15, 0.2) is 0 Å². The molecule has 2 fully saturated rings. The summed E-state index contributed by atoms with van der Waals surface area (Å²) in [6, 6.07) is 1.51. The van der Waals surface area contributed by atoms with Crippen molar-refractivity contribution in [2.24, 2.45) is 0 Å². The standard InChI is InChI=1S/C22H32F2N6O3/c1-14(25)7-10-26-19-28-17(27-15-5-8-22(23,24)9-6-15)11-18(29-19)32-16-12-30(13-16)20(31)33-21(2,3)4/h7,10-11,15-16,25H,5-6,8-9,12-13H2,1-4H3,(H2,26,27,28,29)/b10-7-,25-14?. The number of nitrogens with one attached hydrogen (secondary N) is 3. The first-order valence-electron chi connectivity index (χ1n) is 11.0. The van der Waals surface area contributed by atoms with Gasteiger partial charge >= 0.3 is 6.09 Å². The Morgan fingerprint density at radius 3 is 2.55 bits per heavy atom. The highest BCUT2D eigenvalue weighted by molar-refractivity contribution is 5.90. The van der Waals surface area contributed by atoms with Crippen molar-refractivity contribution in [3.8, 4) is 5.88 Å². The second-order valence-electron chi connectivity index (χ2n) is 9.48. The summed E-state index contributed by atoms with van der Waals surface area (Å²) < 4.78 is 38.2. The monoisotopic (exact) mass is 466 g/mol. The van der Waals surface area contributed by atoms with Crippen LogP contribution in [0.5, 0.6) is 5.88 Å². The van der Waals surface area contributed by atoms with E-state index in [0.717, 1.165) is 0 Å². The quantitative estimate of drug-likeness (QED) is 0.510. The van der Waals surface area contributed by atoms with Crippen molar-refractivity contribution in [3.63, 3.8) is 0 Å². The highest BCUT2D eigenvalue weighted by Crippen LogP contribution is 2.34. The molecular formula is C22H32F2N6O3. The SMILES string of the molecule is CC(=N)/C=C\Nc1nc(NC2CCC(F)(F)CC2)cc(OC2CN(C(=O)OC(C)(C)C)C2)n1. The van der Waals surface area contributed by atoms with Crippen LogP contribution in [0.4, 0.5) is 25.3 Å². The Balaban J connectivity index is 1.64. The third kappa shape index (κ3) is 7.83. The topological polar surface area (TPSA) is 112 Å². The van der Waals surface area contributed by atoms with Crippen molar-refractivity contribution in [1.82, 2.24) is 14.9 Å². The van der Waals surface area contributed by atoms with Crippen LogP contribution < -0.4 is 15.4 Å². The fourth-order valence-electron chi connectivity index (χ4n) is 3.42. The van der Waals surface area contributed by atoms with E-state index in [9.17, 15) is 13.6 Å². The van der Waals surface area contributed by atoms with Crippen LogP contribution in [0.3, 0.4) is 0 Å². The van der Waals surface area contributed by atoms with Crippen molar-refractivity contribution in [2.45, 2.75) is 77.0 Å². The van der Waals surface area contributed by atoms with Gasteiger partial charge in [-0.3, -0.25) is 0 Å². The molecule has 3 N–H and O–H groups in total. The van der Waals surface area contributed by atoms with Gasteiger partial charge in [0, 0.05) is 36.9 Å². The fraction of sp³-hybridized carbons (Fsp3) is 0.636. The molecule has 1 aliphatic carbocycles. The number of halogens is 2. The second kappa shape index (κ2) is 9.88. The van der Waals surface area contributed by atoms with Crippen LogP contribution in [-0.2, 0) is 4.74 Å². The minimum atomic E-state index is -2.61. The van der Waals surface area contributed by atoms with Crippen molar-refractivity contribution >= 4 is 23.6 Å². The normalized spacial score (nSPS) is 19.2. The maximum absolute atomic E-state index is 13.5. The second-order valence-corrected chi connectivity index (χ2v) is 9.48. The van der Waals surface area contributed by atoms with Gasteiger partial charge in [0.1, 0.15) is 17.5 Å². The van der Waals surface area contributed by atoms with Gasteiger partial charge in [-0.15, -0.1) is 0 Å². The molecule has 9 nitrogen and oxygen atoms in total. The molecule has 2 aliphatic rings. The van der Waals surface area contributed by atoms with Crippen LogP contribution in [0.1, 0.15) is 53.4 Å². The van der Waals surface area contributed by atoms with E-state index in [-0.39, 0.29) is 30.9 Å². The summed E-state index contributed by atoms with van der Waals surface area (Å²) in [5.74, 6) is -1.60. The van der Waals surface area contributed by atoms with E-state index in [2.05, 4.69) is 20.6 Å². The zero-order chi connectivity index (χ0) is 24.2. The molecule has 0 bridgehead atoms. The molecule has 0 spiro atoms. The number of ether oxygens (including phenoxy) is 2. The molecule has 3 rings (SSSR count). The highest BCUT2D eigenvalue weighted by atomic mass is 19.3. The first-order chi connectivity index (χ1) is 15.4. The largest absolute Gasteiger partial charge is 0.470 e. The number of rotatable bonds is 7. The Hall–Kier alpha value is -2.98. The molecule has 11 heteroatoms. The minimum absolute atomic E-state index is 0.119. The molecule has 1 aliphatic heterocycles. The van der Waals surface area contributed by atoms with Crippen molar-refractivity contribution in [2.75, 3.05) is 23.7 Å². The molecule has 2 heterocycles. The summed E-state index contributed by atoms with van der Waals surface area (Å²) in [6.07, 6.45) is 2.82. The van der Waals surface area contributed by atoms with E-state index in [1.807, 2.05) is 20.8 Å². The van der Waals surface area contributed by atoms with Crippen LogP contribution >= 0.6 is 0 Å². The third-order valence-corrected chi connectivity index (χ3v) is 5.10. The summed E-state index contributed by atoms with van der Waals surface area (Å²) in [5, 5.41) is 13.6. The van der Waals surface area contributed by atoms with Gasteiger partial charge in [-0.05, 0) is 46.6 Å². The smallest absolute Gasteiger partial charge is 0.410 e. The molecule has 1 saturated carbocycles. The number of hydrogen-bond donors (Lipinski definition) is 3. The summed E-state index contributed by atoms with van der Waals surface area (Å²) in [6.45, 7) is 7.81. The Kier molecular flexibility index (Phi) is 7.38. The van der Waals surface area contributed by atoms with E-state index in [1.165, 1.54) is 0 Å². The molecule has 1 saturated heterocycles. The average Bonchev–Trinajstić information content (AvgIpc) is 2.64. The van der Waals surface area contributed by atoms with Crippen LogP contribution in [0.2, 0.25) is 0 Å². The average molecular weight is 467 g/mol. The number of aromatic nitrogens is 2. The number of allylic oxidation sites excluding steroid dienone is 1. The zero-order valence-corrected chi connectivity index (χ0v) is 19.5. The van der Waals surface area contributed by atoms with E-state index in [4.69, 9.17) is 14.9 Å². The van der Waals surface area contributed by atoms with Crippen molar-refractivity contribution in [3.05, 3.63) is 18.3 Å². The van der Waals surface area contributed by atoms with Crippen molar-refractivity contribution < 1.29 is 23.0 Å². The number of amides is 1. The maximum Gasteiger partial charge on any atom is 0.410 e. The lowest BCUT2D eigenvalue weighted by atomic mass is 9.92. The number of likely N-dealkylation sites (tertiary alicyclic amines) is 1. The van der Waals surface area contributed by atoms with E-state index in [0.29, 0.717) is 43.3 Å². The first kappa shape index (κ1) is 24.7. The Morgan fingerprint density at radius 1 is 1.27 bits per heavy atom. The first-order valence-corrected chi connectivity index (χ1v) is 11.0. The molecule has 0 radical (unpaired) electrons. The van der Waals surface area contributed by atoms with Gasteiger partial charge in [-0.25, -0.2) is 13.6 Å². The Morgan fingerprint density at radius 2 is 1.94 bits per heavy atom. The minimum Gasteiger partial charge on any atom is -0.470 e. The lowest BCUT2D eigenvalue weighted by Gasteiger charge is -2.39. The lowest BCUT2D eigenvalue weighted by molar-refractivity contribution is -0.0361. The summed E-state index contributed by atoms with van der Waals surface area (Å²) >= 11 is 0. The molecule has 1 amide bonds. The maximum atomic E-state index is 13.5. The summed E-state index contributed by atoms with van der Waals surface area (Å²) in [5.41, 5.74) is -0.212. The molecule has 182 valence electrons. The van der Waals surface area contributed by atoms with Gasteiger partial charge < -0.3 is 30.4 Å². The summed E-state index contributed by atoms with van der Waals surface area (Å²) in [4.78, 5) is 22.4. The predicted octanol–water partition coefficient (Wildman–Crippen LogP) is 4.43. The molecule has 0 unspecified atom stereocenters. The van der Waals surface area contributed by atoms with Gasteiger partial charge in [0.2, 0.25) is 17.8 Å². The summed E-state index contributed by atoms with van der Waals surface area (Å²) in [7, 11) is 0. The van der Waals surface area contributed by atoms with E-state index < -0.39 is 17.6 Å². The lowest BCUT2D eigenvalue weighted by Crippen LogP contribution is -2.57. The van der Waals surface area contributed by atoms with Gasteiger partial charge in [-0.2, -0.15) is 9.97 Å². The zero-order valence-electron chi connectivity index (χ0n) is 19.5. The molecule has 0 atom stereocenters. The van der Waals surface area contributed by atoms with E-state index >= 15 is 0 Å². The number of anilines is 2. The predicted molar refractivity (Wildman–Crippen MR) is 121 cm³/mol. The molecule has 33 heavy (non-hydrogen) atoms. The number of alkyl halides is 2. The fourth-order valence-corrected chi connectivity index (χ4v) is 3.42. The highest BCUT2D eigenvalue weighted by Gasteiger charge is 2.36. The Bertz CT molecular complexity index is 887. The van der Waals surface area contributed by atoms with Crippen LogP contribution in [0, 0.1) is 5.41 Å². The number of nitrogens with zero attached hydrogens (tertiary/aromatic N) is 3. The van der Waals surface area contributed by atoms with Crippen LogP contribution in [0.15, 0.2) is 18.3 Å². The van der Waals surface area contributed by atoms with Crippen molar-refractivity contribution in [1.29, 1.82) is 5.41 Å².